The lowest BCUT2D eigenvalue weighted by Gasteiger charge is -2.52. The summed E-state index contributed by atoms with van der Waals surface area (Å²) in [5, 5.41) is 0. The number of hydrogen-bond donors (Lipinski definition) is 0. The normalized spacial score (nSPS) is 24.7. The molecule has 128 valence electrons. The van der Waals surface area contributed by atoms with Crippen LogP contribution in [-0.4, -0.2) is 67.5 Å². The number of nitrogens with zero attached hydrogens (tertiary/aromatic N) is 3. The molecule has 3 heterocycles. The van der Waals surface area contributed by atoms with Gasteiger partial charge in [-0.25, -0.2) is 0 Å². The summed E-state index contributed by atoms with van der Waals surface area (Å²) in [7, 11) is -0.267. The molecule has 0 radical (unpaired) electrons. The summed E-state index contributed by atoms with van der Waals surface area (Å²) in [6, 6.07) is 5.75. The van der Waals surface area contributed by atoms with Crippen molar-refractivity contribution in [2.45, 2.75) is 31.2 Å². The van der Waals surface area contributed by atoms with E-state index in [1.165, 1.54) is 8.61 Å². The van der Waals surface area contributed by atoms with Gasteiger partial charge in [0.05, 0.1) is 24.0 Å². The summed E-state index contributed by atoms with van der Waals surface area (Å²) in [5.74, 6) is 0. The topological polar surface area (TPSA) is 72.0 Å². The lowest BCUT2D eigenvalue weighted by molar-refractivity contribution is -0.181. The average Bonchev–Trinajstić information content (AvgIpc) is 2.51. The first-order valence-electron chi connectivity index (χ1n) is 7.74. The van der Waals surface area contributed by atoms with Gasteiger partial charge >= 0.3 is 0 Å². The van der Waals surface area contributed by atoms with E-state index >= 15 is 0 Å². The Hall–Kier alpha value is -1.06. The third-order valence-corrected chi connectivity index (χ3v) is 6.19. The van der Waals surface area contributed by atoms with Crippen LogP contribution in [0.4, 0.5) is 0 Å². The molecule has 0 bridgehead atoms. The molecule has 0 saturated carbocycles. The molecule has 23 heavy (non-hydrogen) atoms. The smallest absolute Gasteiger partial charge is 0.281 e. The fourth-order valence-corrected chi connectivity index (χ4v) is 4.28. The van der Waals surface area contributed by atoms with E-state index in [4.69, 9.17) is 9.47 Å². The lowest BCUT2D eigenvalue weighted by atomic mass is 9.86. The number of pyridine rings is 1. The zero-order chi connectivity index (χ0) is 16.5. The van der Waals surface area contributed by atoms with Crippen molar-refractivity contribution < 1.29 is 17.9 Å². The molecule has 0 unspecified atom stereocenters. The summed E-state index contributed by atoms with van der Waals surface area (Å²) >= 11 is 0. The zero-order valence-electron chi connectivity index (χ0n) is 13.5. The van der Waals surface area contributed by atoms with Gasteiger partial charge in [-0.15, -0.1) is 0 Å². The Morgan fingerprint density at radius 3 is 2.87 bits per heavy atom. The molecule has 1 aromatic heterocycles. The molecule has 0 aliphatic carbocycles. The number of ether oxygens (including phenoxy) is 2. The highest BCUT2D eigenvalue weighted by atomic mass is 32.2. The second-order valence-electron chi connectivity index (χ2n) is 6.34. The summed E-state index contributed by atoms with van der Waals surface area (Å²) in [6.45, 7) is 1.87. The Morgan fingerprint density at radius 2 is 2.22 bits per heavy atom. The van der Waals surface area contributed by atoms with Gasteiger partial charge in [-0.05, 0) is 18.6 Å². The van der Waals surface area contributed by atoms with Crippen LogP contribution in [0.3, 0.4) is 0 Å². The third kappa shape index (κ3) is 3.56. The van der Waals surface area contributed by atoms with Crippen LogP contribution in [0, 0.1) is 0 Å². The quantitative estimate of drug-likeness (QED) is 0.786. The minimum atomic E-state index is -3.35. The summed E-state index contributed by atoms with van der Waals surface area (Å²) < 4.78 is 38.7. The largest absolute Gasteiger partial charge is 0.372 e. The van der Waals surface area contributed by atoms with Gasteiger partial charge < -0.3 is 9.47 Å². The van der Waals surface area contributed by atoms with E-state index in [2.05, 4.69) is 4.98 Å². The van der Waals surface area contributed by atoms with Crippen molar-refractivity contribution in [3.05, 3.63) is 30.1 Å². The fourth-order valence-electron chi connectivity index (χ4n) is 3.02. The monoisotopic (exact) mass is 341 g/mol. The van der Waals surface area contributed by atoms with Gasteiger partial charge in [0.2, 0.25) is 0 Å². The summed E-state index contributed by atoms with van der Waals surface area (Å²) in [5.41, 5.74) is 0.509. The second-order valence-corrected chi connectivity index (χ2v) is 8.48. The van der Waals surface area contributed by atoms with Crippen molar-refractivity contribution in [2.75, 3.05) is 33.8 Å². The predicted octanol–water partition coefficient (Wildman–Crippen LogP) is 0.638. The van der Waals surface area contributed by atoms with E-state index in [9.17, 15) is 8.42 Å². The van der Waals surface area contributed by atoms with E-state index in [0.29, 0.717) is 26.3 Å². The lowest BCUT2D eigenvalue weighted by Crippen LogP contribution is -2.68. The van der Waals surface area contributed by atoms with Crippen LogP contribution in [0.5, 0.6) is 0 Å². The van der Waals surface area contributed by atoms with Crippen LogP contribution in [-0.2, 0) is 26.3 Å². The maximum Gasteiger partial charge on any atom is 0.281 e. The number of hydrogen-bond acceptors (Lipinski definition) is 5. The fraction of sp³-hybridized carbons (Fsp3) is 0.667. The Kier molecular flexibility index (Phi) is 4.70. The van der Waals surface area contributed by atoms with E-state index in [1.54, 1.807) is 20.3 Å². The van der Waals surface area contributed by atoms with Crippen molar-refractivity contribution >= 4 is 10.2 Å². The van der Waals surface area contributed by atoms with Gasteiger partial charge in [0, 0.05) is 46.4 Å². The van der Waals surface area contributed by atoms with Crippen molar-refractivity contribution in [2.24, 2.45) is 0 Å². The molecule has 0 aromatic carbocycles. The second kappa shape index (κ2) is 6.45. The van der Waals surface area contributed by atoms with E-state index < -0.39 is 15.8 Å². The van der Waals surface area contributed by atoms with Gasteiger partial charge in [0.15, 0.2) is 0 Å². The zero-order valence-corrected chi connectivity index (χ0v) is 14.3. The van der Waals surface area contributed by atoms with Gasteiger partial charge in [-0.3, -0.25) is 4.98 Å². The molecule has 2 aliphatic heterocycles. The molecule has 1 spiro atoms. The number of aromatic nitrogens is 1. The first-order chi connectivity index (χ1) is 10.9. The standard InChI is InChI=1S/C15H23N3O4S/c1-17(2)23(19,20)18-11-15(12-18)9-14(6-8-22-15)21-10-13-5-3-4-7-16-13/h3-5,7,14H,6,8-12H2,1-2H3/t14-/m1/s1. The van der Waals surface area contributed by atoms with E-state index in [0.717, 1.165) is 18.5 Å². The molecule has 0 N–H and O–H groups in total. The van der Waals surface area contributed by atoms with Gasteiger partial charge in [0.1, 0.15) is 0 Å². The van der Waals surface area contributed by atoms with Crippen LogP contribution in [0.2, 0.25) is 0 Å². The third-order valence-electron chi connectivity index (χ3n) is 4.36. The molecular formula is C15H23N3O4S. The number of rotatable bonds is 5. The van der Waals surface area contributed by atoms with E-state index in [1.807, 2.05) is 18.2 Å². The highest BCUT2D eigenvalue weighted by molar-refractivity contribution is 7.86. The van der Waals surface area contributed by atoms with Crippen molar-refractivity contribution in [3.8, 4) is 0 Å². The van der Waals surface area contributed by atoms with Crippen molar-refractivity contribution in [1.82, 2.24) is 13.6 Å². The predicted molar refractivity (Wildman–Crippen MR) is 84.9 cm³/mol. The van der Waals surface area contributed by atoms with Crippen molar-refractivity contribution in [1.29, 1.82) is 0 Å². The maximum absolute atomic E-state index is 12.1. The van der Waals surface area contributed by atoms with Crippen LogP contribution in [0.25, 0.3) is 0 Å². The molecule has 2 aliphatic rings. The van der Waals surface area contributed by atoms with Crippen LogP contribution >= 0.6 is 0 Å². The van der Waals surface area contributed by atoms with Gasteiger partial charge in [-0.1, -0.05) is 6.07 Å². The molecule has 7 nitrogen and oxygen atoms in total. The molecule has 1 atom stereocenters. The molecular weight excluding hydrogens is 318 g/mol. The molecule has 3 rings (SSSR count). The Bertz CT molecular complexity index is 629. The van der Waals surface area contributed by atoms with Crippen LogP contribution < -0.4 is 0 Å². The minimum Gasteiger partial charge on any atom is -0.372 e. The SMILES string of the molecule is CN(C)S(=O)(=O)N1CC2(C[C@H](OCc3ccccn3)CCO2)C1. The van der Waals surface area contributed by atoms with E-state index in [-0.39, 0.29) is 6.10 Å². The van der Waals surface area contributed by atoms with Crippen LogP contribution in [0.15, 0.2) is 24.4 Å². The average molecular weight is 341 g/mol. The van der Waals surface area contributed by atoms with Gasteiger partial charge in [0.25, 0.3) is 10.2 Å². The Balaban J connectivity index is 1.54. The molecule has 2 fully saturated rings. The maximum atomic E-state index is 12.1. The van der Waals surface area contributed by atoms with Crippen molar-refractivity contribution in [3.63, 3.8) is 0 Å². The molecule has 1 aromatic rings. The molecule has 0 amide bonds. The Labute approximate surface area is 137 Å². The first-order valence-corrected chi connectivity index (χ1v) is 9.14. The van der Waals surface area contributed by atoms with Crippen LogP contribution in [0.1, 0.15) is 18.5 Å². The molecule has 2 saturated heterocycles. The first kappa shape index (κ1) is 16.8. The highest BCUT2D eigenvalue weighted by Crippen LogP contribution is 2.37. The minimum absolute atomic E-state index is 0.0787. The molecule has 8 heteroatoms. The van der Waals surface area contributed by atoms with Gasteiger partial charge in [-0.2, -0.15) is 17.0 Å². The Morgan fingerprint density at radius 1 is 1.43 bits per heavy atom. The summed E-state index contributed by atoms with van der Waals surface area (Å²) in [6.07, 6.45) is 3.38. The highest BCUT2D eigenvalue weighted by Gasteiger charge is 2.52. The summed E-state index contributed by atoms with van der Waals surface area (Å²) in [4.78, 5) is 4.25.